The Bertz CT molecular complexity index is 722. The average molecular weight is 284 g/mol. The van der Waals surface area contributed by atoms with Gasteiger partial charge in [0.25, 0.3) is 5.56 Å². The highest BCUT2D eigenvalue weighted by atomic mass is 19.4. The molecule has 0 radical (unpaired) electrons. The van der Waals surface area contributed by atoms with Crippen molar-refractivity contribution >= 4 is 5.97 Å². The number of hydrogen-bond acceptors (Lipinski definition) is 3. The highest BCUT2D eigenvalue weighted by Crippen LogP contribution is 2.35. The molecular weight excluding hydrogens is 277 g/mol. The van der Waals surface area contributed by atoms with Crippen molar-refractivity contribution in [3.8, 4) is 11.4 Å². The van der Waals surface area contributed by atoms with Crippen LogP contribution in [0, 0.1) is 0 Å². The second kappa shape index (κ2) is 4.80. The van der Waals surface area contributed by atoms with Crippen LogP contribution in [0.2, 0.25) is 0 Å². The minimum Gasteiger partial charge on any atom is -0.477 e. The van der Waals surface area contributed by atoms with E-state index in [2.05, 4.69) is 4.98 Å². The first kappa shape index (κ1) is 13.8. The number of carboxylic acids is 1. The molecule has 5 nitrogen and oxygen atoms in total. The molecule has 0 saturated heterocycles. The first-order chi connectivity index (χ1) is 9.30. The normalized spacial score (nSPS) is 11.3. The molecule has 0 saturated carbocycles. The van der Waals surface area contributed by atoms with Crippen molar-refractivity contribution in [2.45, 2.75) is 6.18 Å². The van der Waals surface area contributed by atoms with Gasteiger partial charge in [0.15, 0.2) is 0 Å². The third-order valence-corrected chi connectivity index (χ3v) is 2.52. The van der Waals surface area contributed by atoms with E-state index in [1.54, 1.807) is 0 Å². The Hall–Kier alpha value is -2.64. The van der Waals surface area contributed by atoms with E-state index in [4.69, 9.17) is 5.11 Å². The van der Waals surface area contributed by atoms with Gasteiger partial charge in [-0.1, -0.05) is 18.2 Å². The number of halogens is 3. The maximum atomic E-state index is 12.8. The number of nitrogens with one attached hydrogen (secondary N) is 1. The Balaban J connectivity index is 2.62. The number of aromatic amines is 1. The molecule has 0 spiro atoms. The Morgan fingerprint density at radius 2 is 1.90 bits per heavy atom. The van der Waals surface area contributed by atoms with E-state index in [-0.39, 0.29) is 11.4 Å². The number of carbonyl (C=O) groups is 1. The third kappa shape index (κ3) is 2.53. The van der Waals surface area contributed by atoms with E-state index in [1.165, 1.54) is 12.1 Å². The monoisotopic (exact) mass is 284 g/mol. The second-order valence-corrected chi connectivity index (χ2v) is 3.82. The summed E-state index contributed by atoms with van der Waals surface area (Å²) in [5.74, 6) is -1.85. The number of H-pyrrole nitrogens is 1. The molecule has 8 heteroatoms. The molecule has 104 valence electrons. The zero-order chi connectivity index (χ0) is 14.9. The van der Waals surface area contributed by atoms with Crippen LogP contribution in [0.5, 0.6) is 0 Å². The number of alkyl halides is 3. The Morgan fingerprint density at radius 3 is 2.45 bits per heavy atom. The number of nitrogens with zero attached hydrogens (tertiary/aromatic N) is 1. The molecule has 0 aliphatic heterocycles. The maximum absolute atomic E-state index is 12.8. The van der Waals surface area contributed by atoms with Crippen molar-refractivity contribution in [3.63, 3.8) is 0 Å². The summed E-state index contributed by atoms with van der Waals surface area (Å²) in [6, 6.07) is 4.55. The van der Waals surface area contributed by atoms with Crippen molar-refractivity contribution in [3.05, 3.63) is 51.9 Å². The largest absolute Gasteiger partial charge is 0.477 e. The summed E-state index contributed by atoms with van der Waals surface area (Å²) in [4.78, 5) is 27.7. The molecule has 0 atom stereocenters. The van der Waals surface area contributed by atoms with Crippen molar-refractivity contribution in [1.82, 2.24) is 9.97 Å². The zero-order valence-corrected chi connectivity index (χ0v) is 9.73. The molecule has 1 aromatic heterocycles. The van der Waals surface area contributed by atoms with Crippen LogP contribution in [0.3, 0.4) is 0 Å². The van der Waals surface area contributed by atoms with E-state index in [0.29, 0.717) is 0 Å². The lowest BCUT2D eigenvalue weighted by atomic mass is 10.1. The van der Waals surface area contributed by atoms with Crippen molar-refractivity contribution < 1.29 is 23.1 Å². The maximum Gasteiger partial charge on any atom is 0.417 e. The summed E-state index contributed by atoms with van der Waals surface area (Å²) in [5, 5.41) is 8.67. The lowest BCUT2D eigenvalue weighted by molar-refractivity contribution is -0.137. The molecule has 0 fully saturated rings. The highest BCUT2D eigenvalue weighted by molar-refractivity contribution is 5.86. The van der Waals surface area contributed by atoms with Crippen LogP contribution >= 0.6 is 0 Å². The molecule has 0 aliphatic carbocycles. The molecule has 0 unspecified atom stereocenters. The Morgan fingerprint density at radius 1 is 1.25 bits per heavy atom. The number of aromatic nitrogens is 2. The van der Waals surface area contributed by atoms with Crippen LogP contribution in [0.25, 0.3) is 11.4 Å². The lowest BCUT2D eigenvalue weighted by Crippen LogP contribution is -2.19. The van der Waals surface area contributed by atoms with Crippen molar-refractivity contribution in [1.29, 1.82) is 0 Å². The summed E-state index contributed by atoms with van der Waals surface area (Å²) in [6.07, 6.45) is -3.88. The van der Waals surface area contributed by atoms with Gasteiger partial charge in [-0.3, -0.25) is 4.79 Å². The van der Waals surface area contributed by atoms with Crippen LogP contribution in [-0.4, -0.2) is 21.0 Å². The van der Waals surface area contributed by atoms with Gasteiger partial charge in [-0.2, -0.15) is 13.2 Å². The predicted octanol–water partition coefficient (Wildman–Crippen LogP) is 2.15. The molecule has 0 bridgehead atoms. The van der Waals surface area contributed by atoms with Crippen molar-refractivity contribution in [2.24, 2.45) is 0 Å². The summed E-state index contributed by atoms with van der Waals surface area (Å²) in [7, 11) is 0. The van der Waals surface area contributed by atoms with E-state index >= 15 is 0 Å². The smallest absolute Gasteiger partial charge is 0.417 e. The molecule has 2 N–H and O–H groups in total. The van der Waals surface area contributed by atoms with E-state index in [1.807, 2.05) is 4.98 Å². The van der Waals surface area contributed by atoms with E-state index in [0.717, 1.165) is 18.3 Å². The fourth-order valence-electron chi connectivity index (χ4n) is 1.62. The quantitative estimate of drug-likeness (QED) is 0.885. The average Bonchev–Trinajstić information content (AvgIpc) is 2.37. The van der Waals surface area contributed by atoms with Gasteiger partial charge in [0.05, 0.1) is 5.56 Å². The van der Waals surface area contributed by atoms with Gasteiger partial charge in [-0.05, 0) is 6.07 Å². The summed E-state index contributed by atoms with van der Waals surface area (Å²) < 4.78 is 38.5. The minimum atomic E-state index is -4.61. The van der Waals surface area contributed by atoms with Crippen LogP contribution in [-0.2, 0) is 6.18 Å². The fourth-order valence-corrected chi connectivity index (χ4v) is 1.62. The predicted molar refractivity (Wildman–Crippen MR) is 62.3 cm³/mol. The number of rotatable bonds is 2. The third-order valence-electron chi connectivity index (χ3n) is 2.52. The van der Waals surface area contributed by atoms with Crippen molar-refractivity contribution in [2.75, 3.05) is 0 Å². The molecular formula is C12H7F3N2O3. The standard InChI is InChI=1S/C12H7F3N2O3/c13-12(14,15)8-4-2-1-3-6(8)9-16-5-7(11(19)20)10(18)17-9/h1-5H,(H,19,20)(H,16,17,18). The zero-order valence-electron chi connectivity index (χ0n) is 9.73. The van der Waals surface area contributed by atoms with Gasteiger partial charge in [0.2, 0.25) is 0 Å². The lowest BCUT2D eigenvalue weighted by Gasteiger charge is -2.11. The van der Waals surface area contributed by atoms with Crippen LogP contribution in [0.4, 0.5) is 13.2 Å². The van der Waals surface area contributed by atoms with Gasteiger partial charge < -0.3 is 10.1 Å². The molecule has 2 rings (SSSR count). The summed E-state index contributed by atoms with van der Waals surface area (Å²) in [5.41, 5.74) is -2.95. The van der Waals surface area contributed by atoms with Crippen LogP contribution < -0.4 is 5.56 Å². The molecule has 1 heterocycles. The number of hydrogen-bond donors (Lipinski definition) is 2. The summed E-state index contributed by atoms with van der Waals surface area (Å²) >= 11 is 0. The van der Waals surface area contributed by atoms with Crippen LogP contribution in [0.1, 0.15) is 15.9 Å². The van der Waals surface area contributed by atoms with Gasteiger partial charge >= 0.3 is 12.1 Å². The molecule has 2 aromatic rings. The van der Waals surface area contributed by atoms with E-state index < -0.39 is 28.8 Å². The number of carboxylic acid groups (broad SMARTS) is 1. The Labute approximate surface area is 109 Å². The molecule has 0 amide bonds. The molecule has 1 aromatic carbocycles. The Kier molecular flexibility index (Phi) is 3.31. The molecule has 0 aliphatic rings. The SMILES string of the molecule is O=C(O)c1cnc(-c2ccccc2C(F)(F)F)[nH]c1=O. The van der Waals surface area contributed by atoms with E-state index in [9.17, 15) is 22.8 Å². The summed E-state index contributed by atoms with van der Waals surface area (Å²) in [6.45, 7) is 0. The molecule has 20 heavy (non-hydrogen) atoms. The van der Waals surface area contributed by atoms with Gasteiger partial charge in [0, 0.05) is 11.8 Å². The first-order valence-corrected chi connectivity index (χ1v) is 5.30. The highest BCUT2D eigenvalue weighted by Gasteiger charge is 2.34. The van der Waals surface area contributed by atoms with Gasteiger partial charge in [-0.15, -0.1) is 0 Å². The van der Waals surface area contributed by atoms with Crippen LogP contribution in [0.15, 0.2) is 35.3 Å². The topological polar surface area (TPSA) is 83.0 Å². The van der Waals surface area contributed by atoms with Gasteiger partial charge in [0.1, 0.15) is 11.4 Å². The number of benzene rings is 1. The minimum absolute atomic E-state index is 0.325. The van der Waals surface area contributed by atoms with Gasteiger partial charge in [-0.25, -0.2) is 9.78 Å². The first-order valence-electron chi connectivity index (χ1n) is 5.30. The fraction of sp³-hybridized carbons (Fsp3) is 0.0833. The second-order valence-electron chi connectivity index (χ2n) is 3.82. The number of aromatic carboxylic acids is 1.